The molecular weight excluding hydrogens is 264 g/mol. The molecule has 4 nitrogen and oxygen atoms in total. The van der Waals surface area contributed by atoms with Crippen molar-refractivity contribution in [3.63, 3.8) is 0 Å². The highest BCUT2D eigenvalue weighted by molar-refractivity contribution is 5.93. The summed E-state index contributed by atoms with van der Waals surface area (Å²) in [6, 6.07) is 0. The summed E-state index contributed by atoms with van der Waals surface area (Å²) in [4.78, 5) is 26.8. The number of rotatable bonds is 8. The van der Waals surface area contributed by atoms with Gasteiger partial charge in [-0.25, -0.2) is 0 Å². The first-order chi connectivity index (χ1) is 10.0. The van der Waals surface area contributed by atoms with Gasteiger partial charge in [0, 0.05) is 19.5 Å². The first-order valence-corrected chi connectivity index (χ1v) is 8.63. The predicted molar refractivity (Wildman–Crippen MR) is 86.0 cm³/mol. The van der Waals surface area contributed by atoms with E-state index < -0.39 is 5.54 Å². The first kappa shape index (κ1) is 18.0. The minimum atomic E-state index is -0.684. The van der Waals surface area contributed by atoms with Gasteiger partial charge in [0.05, 0.1) is 0 Å². The fourth-order valence-electron chi connectivity index (χ4n) is 3.16. The third-order valence-corrected chi connectivity index (χ3v) is 4.91. The molecular formula is C17H32N2O2. The van der Waals surface area contributed by atoms with Crippen molar-refractivity contribution in [1.82, 2.24) is 10.2 Å². The highest BCUT2D eigenvalue weighted by atomic mass is 16.2. The number of carbonyl (C=O) groups excluding carboxylic acids is 2. The molecule has 1 atom stereocenters. The van der Waals surface area contributed by atoms with Crippen LogP contribution in [0.1, 0.15) is 72.6 Å². The molecule has 0 aliphatic carbocycles. The Morgan fingerprint density at radius 2 is 1.86 bits per heavy atom. The lowest BCUT2D eigenvalue weighted by atomic mass is 9.90. The highest BCUT2D eigenvalue weighted by Crippen LogP contribution is 2.24. The smallest absolute Gasteiger partial charge is 0.248 e. The van der Waals surface area contributed by atoms with E-state index in [1.54, 1.807) is 0 Å². The van der Waals surface area contributed by atoms with Crippen LogP contribution >= 0.6 is 0 Å². The third kappa shape index (κ3) is 4.45. The molecule has 0 saturated carbocycles. The van der Waals surface area contributed by atoms with Crippen LogP contribution in [0.25, 0.3) is 0 Å². The van der Waals surface area contributed by atoms with Crippen LogP contribution in [-0.2, 0) is 9.59 Å². The molecule has 1 N–H and O–H groups in total. The molecule has 0 aromatic rings. The summed E-state index contributed by atoms with van der Waals surface area (Å²) in [5.74, 6) is 0.679. The van der Waals surface area contributed by atoms with Gasteiger partial charge in [-0.05, 0) is 25.2 Å². The lowest BCUT2D eigenvalue weighted by Crippen LogP contribution is -2.57. The Labute approximate surface area is 129 Å². The molecule has 1 aliphatic heterocycles. The zero-order valence-corrected chi connectivity index (χ0v) is 14.2. The van der Waals surface area contributed by atoms with Crippen molar-refractivity contribution in [1.29, 1.82) is 0 Å². The minimum Gasteiger partial charge on any atom is -0.342 e. The summed E-state index contributed by atoms with van der Waals surface area (Å²) in [5.41, 5.74) is -0.684. The Kier molecular flexibility index (Phi) is 7.20. The lowest BCUT2D eigenvalue weighted by molar-refractivity contribution is -0.139. The Balaban J connectivity index is 2.84. The van der Waals surface area contributed by atoms with Gasteiger partial charge in [-0.1, -0.05) is 47.0 Å². The van der Waals surface area contributed by atoms with Gasteiger partial charge in [0.15, 0.2) is 0 Å². The van der Waals surface area contributed by atoms with Crippen LogP contribution < -0.4 is 5.32 Å². The Morgan fingerprint density at radius 3 is 2.38 bits per heavy atom. The van der Waals surface area contributed by atoms with E-state index in [0.717, 1.165) is 13.0 Å². The van der Waals surface area contributed by atoms with Gasteiger partial charge < -0.3 is 10.2 Å². The number of carbonyl (C=O) groups is 2. The van der Waals surface area contributed by atoms with Crippen LogP contribution in [0.2, 0.25) is 0 Å². The molecule has 1 rings (SSSR count). The maximum Gasteiger partial charge on any atom is 0.248 e. The molecule has 1 aliphatic rings. The van der Waals surface area contributed by atoms with Gasteiger partial charge in [0.1, 0.15) is 5.54 Å². The molecule has 2 amide bonds. The normalized spacial score (nSPS) is 20.1. The molecule has 0 aromatic carbocycles. The van der Waals surface area contributed by atoms with Crippen LogP contribution in [0.3, 0.4) is 0 Å². The topological polar surface area (TPSA) is 49.4 Å². The molecule has 1 heterocycles. The van der Waals surface area contributed by atoms with Crippen molar-refractivity contribution in [3.05, 3.63) is 0 Å². The largest absolute Gasteiger partial charge is 0.342 e. The van der Waals surface area contributed by atoms with Gasteiger partial charge in [-0.15, -0.1) is 0 Å². The van der Waals surface area contributed by atoms with Crippen LogP contribution in [0.5, 0.6) is 0 Å². The van der Waals surface area contributed by atoms with Crippen LogP contribution in [-0.4, -0.2) is 35.3 Å². The quantitative estimate of drug-likeness (QED) is 0.748. The lowest BCUT2D eigenvalue weighted by Gasteiger charge is -2.35. The van der Waals surface area contributed by atoms with Crippen LogP contribution in [0.4, 0.5) is 0 Å². The number of amides is 2. The number of hydrogen-bond acceptors (Lipinski definition) is 2. The Hall–Kier alpha value is -1.06. The summed E-state index contributed by atoms with van der Waals surface area (Å²) >= 11 is 0. The maximum absolute atomic E-state index is 12.9. The van der Waals surface area contributed by atoms with E-state index in [-0.39, 0.29) is 11.8 Å². The summed E-state index contributed by atoms with van der Waals surface area (Å²) < 4.78 is 0. The van der Waals surface area contributed by atoms with Crippen molar-refractivity contribution in [2.24, 2.45) is 5.92 Å². The third-order valence-electron chi connectivity index (χ3n) is 4.91. The monoisotopic (exact) mass is 296 g/mol. The number of unbranched alkanes of at least 4 members (excludes halogenated alkanes) is 1. The SMILES string of the molecule is CCCCC(CC)CN1CCC(=O)NC(CC)(CC)C1=O. The molecule has 1 fully saturated rings. The van der Waals surface area contributed by atoms with Crippen molar-refractivity contribution >= 4 is 11.8 Å². The van der Waals surface area contributed by atoms with E-state index in [0.29, 0.717) is 31.7 Å². The maximum atomic E-state index is 12.9. The second-order valence-electron chi connectivity index (χ2n) is 6.26. The zero-order valence-electron chi connectivity index (χ0n) is 14.2. The first-order valence-electron chi connectivity index (χ1n) is 8.63. The molecule has 0 aromatic heterocycles. The van der Waals surface area contributed by atoms with E-state index in [2.05, 4.69) is 19.2 Å². The number of hydrogen-bond donors (Lipinski definition) is 1. The second kappa shape index (κ2) is 8.40. The standard InChI is InChI=1S/C17H32N2O2/c1-5-9-10-14(6-2)13-19-12-11-15(20)18-17(7-3,8-4)16(19)21/h14H,5-13H2,1-4H3,(H,18,20). The molecule has 21 heavy (non-hydrogen) atoms. The second-order valence-corrected chi connectivity index (χ2v) is 6.26. The van der Waals surface area contributed by atoms with Gasteiger partial charge in [0.2, 0.25) is 11.8 Å². The molecule has 1 unspecified atom stereocenters. The van der Waals surface area contributed by atoms with Gasteiger partial charge in [0.25, 0.3) is 0 Å². The van der Waals surface area contributed by atoms with E-state index in [4.69, 9.17) is 0 Å². The van der Waals surface area contributed by atoms with Gasteiger partial charge >= 0.3 is 0 Å². The van der Waals surface area contributed by atoms with E-state index >= 15 is 0 Å². The molecule has 4 heteroatoms. The Morgan fingerprint density at radius 1 is 1.19 bits per heavy atom. The van der Waals surface area contributed by atoms with E-state index in [9.17, 15) is 9.59 Å². The summed E-state index contributed by atoms with van der Waals surface area (Å²) in [6.45, 7) is 9.73. The summed E-state index contributed by atoms with van der Waals surface area (Å²) in [7, 11) is 0. The molecule has 0 spiro atoms. The van der Waals surface area contributed by atoms with Crippen LogP contribution in [0, 0.1) is 5.92 Å². The van der Waals surface area contributed by atoms with Crippen molar-refractivity contribution in [3.8, 4) is 0 Å². The summed E-state index contributed by atoms with van der Waals surface area (Å²) in [5, 5.41) is 2.98. The van der Waals surface area contributed by atoms with Crippen LogP contribution in [0.15, 0.2) is 0 Å². The minimum absolute atomic E-state index is 0.0103. The zero-order chi connectivity index (χ0) is 15.9. The highest BCUT2D eigenvalue weighted by Gasteiger charge is 2.41. The predicted octanol–water partition coefficient (Wildman–Crippen LogP) is 3.11. The number of nitrogens with zero attached hydrogens (tertiary/aromatic N) is 1. The van der Waals surface area contributed by atoms with Gasteiger partial charge in [-0.2, -0.15) is 0 Å². The van der Waals surface area contributed by atoms with E-state index in [1.807, 2.05) is 18.7 Å². The molecule has 0 radical (unpaired) electrons. The van der Waals surface area contributed by atoms with Gasteiger partial charge in [-0.3, -0.25) is 9.59 Å². The molecule has 0 bridgehead atoms. The molecule has 122 valence electrons. The van der Waals surface area contributed by atoms with Crippen molar-refractivity contribution in [2.75, 3.05) is 13.1 Å². The summed E-state index contributed by atoms with van der Waals surface area (Å²) in [6.07, 6.45) is 6.42. The average Bonchev–Trinajstić information content (AvgIpc) is 2.62. The average molecular weight is 296 g/mol. The number of nitrogens with one attached hydrogen (secondary N) is 1. The fourth-order valence-corrected chi connectivity index (χ4v) is 3.16. The van der Waals surface area contributed by atoms with Crippen molar-refractivity contribution < 1.29 is 9.59 Å². The molecule has 1 saturated heterocycles. The Bertz CT molecular complexity index is 351. The fraction of sp³-hybridized carbons (Fsp3) is 0.882. The van der Waals surface area contributed by atoms with E-state index in [1.165, 1.54) is 19.3 Å². The van der Waals surface area contributed by atoms with Crippen molar-refractivity contribution in [2.45, 2.75) is 78.2 Å².